The van der Waals surface area contributed by atoms with Gasteiger partial charge >= 0.3 is 5.97 Å². The van der Waals surface area contributed by atoms with Crippen LogP contribution in [0.25, 0.3) is 6.08 Å². The molecule has 0 bridgehead atoms. The number of carbonyl (C=O) groups excluding carboxylic acids is 2. The molecule has 6 nitrogen and oxygen atoms in total. The van der Waals surface area contributed by atoms with Crippen molar-refractivity contribution in [3.8, 4) is 11.8 Å². The lowest BCUT2D eigenvalue weighted by molar-refractivity contribution is -0.112. The molecule has 0 unspecified atom stereocenters. The third-order valence-corrected chi connectivity index (χ3v) is 6.62. The fraction of sp³-hybridized carbons (Fsp3) is 0.192. The Morgan fingerprint density at radius 2 is 1.79 bits per heavy atom. The molecule has 0 fully saturated rings. The number of hydrogen-bond donors (Lipinski definition) is 1. The molecule has 3 aromatic rings. The fourth-order valence-electron chi connectivity index (χ4n) is 3.06. The van der Waals surface area contributed by atoms with Crippen LogP contribution in [-0.2, 0) is 16.1 Å². The first kappa shape index (κ1) is 25.2. The summed E-state index contributed by atoms with van der Waals surface area (Å²) in [6.07, 6.45) is 1.49. The lowest BCUT2D eigenvalue weighted by atomic mass is 10.1. The van der Waals surface area contributed by atoms with Crippen LogP contribution in [0.1, 0.15) is 38.8 Å². The summed E-state index contributed by atoms with van der Waals surface area (Å²) in [5, 5.41) is 12.6. The molecule has 0 aliphatic heterocycles. The Bertz CT molecular complexity index is 1260. The molecule has 2 aromatic carbocycles. The number of nitrogens with one attached hydrogen (secondary N) is 1. The van der Waals surface area contributed by atoms with Crippen molar-refractivity contribution in [1.29, 1.82) is 5.26 Å². The van der Waals surface area contributed by atoms with E-state index < -0.39 is 11.9 Å². The van der Waals surface area contributed by atoms with Gasteiger partial charge in [0.25, 0.3) is 5.91 Å². The molecule has 1 aromatic heterocycles. The molecule has 0 saturated carbocycles. The number of amides is 1. The minimum atomic E-state index is -0.593. The summed E-state index contributed by atoms with van der Waals surface area (Å²) in [5.41, 5.74) is 2.70. The Balaban J connectivity index is 1.71. The molecule has 0 radical (unpaired) electrons. The highest BCUT2D eigenvalue weighted by atomic mass is 79.9. The second-order valence-electron chi connectivity index (χ2n) is 7.32. The Labute approximate surface area is 211 Å². The summed E-state index contributed by atoms with van der Waals surface area (Å²) < 4.78 is 11.9. The SMILES string of the molecule is CCOC(=O)c1c(NC(=O)/C(C#N)=C/c2ccc(OCc3ccc(Br)cc3)cc2)sc(C)c1C. The lowest BCUT2D eigenvalue weighted by Crippen LogP contribution is -2.16. The lowest BCUT2D eigenvalue weighted by Gasteiger charge is -2.08. The third kappa shape index (κ3) is 6.34. The van der Waals surface area contributed by atoms with E-state index in [1.54, 1.807) is 38.1 Å². The van der Waals surface area contributed by atoms with E-state index in [2.05, 4.69) is 21.2 Å². The molecular weight excluding hydrogens is 516 g/mol. The number of rotatable bonds is 8. The average molecular weight is 539 g/mol. The van der Waals surface area contributed by atoms with Crippen LogP contribution in [0.15, 0.2) is 58.6 Å². The number of esters is 1. The van der Waals surface area contributed by atoms with Crippen molar-refractivity contribution in [1.82, 2.24) is 0 Å². The van der Waals surface area contributed by atoms with Gasteiger partial charge in [0.2, 0.25) is 0 Å². The largest absolute Gasteiger partial charge is 0.489 e. The zero-order valence-electron chi connectivity index (χ0n) is 19.0. The van der Waals surface area contributed by atoms with Crippen molar-refractivity contribution in [2.45, 2.75) is 27.4 Å². The molecule has 34 heavy (non-hydrogen) atoms. The quantitative estimate of drug-likeness (QED) is 0.203. The predicted molar refractivity (Wildman–Crippen MR) is 137 cm³/mol. The Kier molecular flexibility index (Phi) is 8.63. The summed E-state index contributed by atoms with van der Waals surface area (Å²) in [7, 11) is 0. The number of carbonyl (C=O) groups is 2. The van der Waals surface area contributed by atoms with Gasteiger partial charge in [-0.3, -0.25) is 4.79 Å². The van der Waals surface area contributed by atoms with Crippen LogP contribution in [-0.4, -0.2) is 18.5 Å². The maximum absolute atomic E-state index is 12.8. The van der Waals surface area contributed by atoms with Crippen molar-refractivity contribution in [3.05, 3.63) is 85.7 Å². The summed E-state index contributed by atoms with van der Waals surface area (Å²) in [6, 6.07) is 16.9. The zero-order valence-corrected chi connectivity index (χ0v) is 21.4. The first-order chi connectivity index (χ1) is 16.3. The zero-order chi connectivity index (χ0) is 24.7. The minimum absolute atomic E-state index is 0.0814. The standard InChI is InChI=1S/C26H23BrN2O4S/c1-4-32-26(31)23-16(2)17(3)34-25(23)29-24(30)20(14-28)13-18-7-11-22(12-8-18)33-15-19-5-9-21(27)10-6-19/h5-13H,4,15H2,1-3H3,(H,29,30)/b20-13+. The maximum atomic E-state index is 12.8. The maximum Gasteiger partial charge on any atom is 0.341 e. The van der Waals surface area contributed by atoms with Crippen LogP contribution in [0.3, 0.4) is 0 Å². The van der Waals surface area contributed by atoms with Crippen LogP contribution in [0, 0.1) is 25.2 Å². The Morgan fingerprint density at radius 1 is 1.12 bits per heavy atom. The molecule has 8 heteroatoms. The van der Waals surface area contributed by atoms with Gasteiger partial charge < -0.3 is 14.8 Å². The second-order valence-corrected chi connectivity index (χ2v) is 9.46. The van der Waals surface area contributed by atoms with Crippen LogP contribution >= 0.6 is 27.3 Å². The van der Waals surface area contributed by atoms with Crippen molar-refractivity contribution in [2.24, 2.45) is 0 Å². The number of halogens is 1. The van der Waals surface area contributed by atoms with Crippen molar-refractivity contribution in [2.75, 3.05) is 11.9 Å². The molecular formula is C26H23BrN2O4S. The first-order valence-electron chi connectivity index (χ1n) is 10.5. The molecule has 0 saturated heterocycles. The Hall–Kier alpha value is -3.41. The van der Waals surface area contributed by atoms with Crippen molar-refractivity contribution < 1.29 is 19.1 Å². The van der Waals surface area contributed by atoms with E-state index >= 15 is 0 Å². The molecule has 1 N–H and O–H groups in total. The minimum Gasteiger partial charge on any atom is -0.489 e. The van der Waals surface area contributed by atoms with Crippen LogP contribution in [0.5, 0.6) is 5.75 Å². The fourth-order valence-corrected chi connectivity index (χ4v) is 4.37. The van der Waals surface area contributed by atoms with Gasteiger partial charge in [0, 0.05) is 9.35 Å². The van der Waals surface area contributed by atoms with Crippen LogP contribution < -0.4 is 10.1 Å². The second kappa shape index (κ2) is 11.6. The number of thiophene rings is 1. The van der Waals surface area contributed by atoms with E-state index in [4.69, 9.17) is 9.47 Å². The van der Waals surface area contributed by atoms with Crippen molar-refractivity contribution >= 4 is 50.2 Å². The van der Waals surface area contributed by atoms with Gasteiger partial charge in [0.1, 0.15) is 29.0 Å². The number of benzene rings is 2. The van der Waals surface area contributed by atoms with Gasteiger partial charge in [-0.25, -0.2) is 4.79 Å². The molecule has 0 spiro atoms. The number of nitriles is 1. The van der Waals surface area contributed by atoms with Gasteiger partial charge in [-0.1, -0.05) is 40.2 Å². The van der Waals surface area contributed by atoms with Crippen molar-refractivity contribution in [3.63, 3.8) is 0 Å². The summed E-state index contributed by atoms with van der Waals surface area (Å²) in [4.78, 5) is 26.0. The normalized spacial score (nSPS) is 11.0. The highest BCUT2D eigenvalue weighted by molar-refractivity contribution is 9.10. The van der Waals surface area contributed by atoms with Gasteiger partial charge in [-0.15, -0.1) is 11.3 Å². The third-order valence-electron chi connectivity index (χ3n) is 4.97. The van der Waals surface area contributed by atoms with Crippen LogP contribution in [0.4, 0.5) is 5.00 Å². The van der Waals surface area contributed by atoms with E-state index in [1.165, 1.54) is 17.4 Å². The van der Waals surface area contributed by atoms with Gasteiger partial charge in [0.15, 0.2) is 0 Å². The van der Waals surface area contributed by atoms with E-state index in [0.717, 1.165) is 20.5 Å². The number of hydrogen-bond acceptors (Lipinski definition) is 6. The predicted octanol–water partition coefficient (Wildman–Crippen LogP) is 6.43. The summed E-state index contributed by atoms with van der Waals surface area (Å²) in [6.45, 7) is 6.04. The van der Waals surface area contributed by atoms with Crippen LogP contribution in [0.2, 0.25) is 0 Å². The molecule has 3 rings (SSSR count). The molecule has 1 heterocycles. The summed E-state index contributed by atoms with van der Waals surface area (Å²) >= 11 is 4.68. The number of anilines is 1. The van der Waals surface area contributed by atoms with Gasteiger partial charge in [-0.2, -0.15) is 5.26 Å². The number of aryl methyl sites for hydroxylation is 1. The molecule has 0 aliphatic rings. The smallest absolute Gasteiger partial charge is 0.341 e. The molecule has 0 atom stereocenters. The van der Waals surface area contributed by atoms with E-state index in [0.29, 0.717) is 28.5 Å². The highest BCUT2D eigenvalue weighted by Gasteiger charge is 2.23. The van der Waals surface area contributed by atoms with E-state index in [-0.39, 0.29) is 12.2 Å². The topological polar surface area (TPSA) is 88.4 Å². The highest BCUT2D eigenvalue weighted by Crippen LogP contribution is 2.33. The van der Waals surface area contributed by atoms with Gasteiger partial charge in [0.05, 0.1) is 12.2 Å². The summed E-state index contributed by atoms with van der Waals surface area (Å²) in [5.74, 6) is -0.419. The first-order valence-corrected chi connectivity index (χ1v) is 12.1. The molecule has 0 aliphatic carbocycles. The van der Waals surface area contributed by atoms with E-state index in [9.17, 15) is 14.9 Å². The molecule has 174 valence electrons. The monoisotopic (exact) mass is 538 g/mol. The number of ether oxygens (including phenoxy) is 2. The number of nitrogens with zero attached hydrogens (tertiary/aromatic N) is 1. The Morgan fingerprint density at radius 3 is 2.41 bits per heavy atom. The molecule has 1 amide bonds. The van der Waals surface area contributed by atoms with Gasteiger partial charge in [-0.05, 0) is 67.8 Å². The average Bonchev–Trinajstić information content (AvgIpc) is 3.10. The van der Waals surface area contributed by atoms with E-state index in [1.807, 2.05) is 37.3 Å².